The van der Waals surface area contributed by atoms with Crippen LogP contribution in [-0.2, 0) is 12.8 Å². The van der Waals surface area contributed by atoms with E-state index in [0.717, 1.165) is 4.57 Å². The molecule has 0 saturated carbocycles. The number of alkyl halides is 3. The lowest BCUT2D eigenvalue weighted by Gasteiger charge is -2.13. The number of rotatable bonds is 4. The second-order valence-corrected chi connectivity index (χ2v) is 7.32. The maximum Gasteiger partial charge on any atom is 0.450 e. The Bertz CT molecular complexity index is 1360. The molecule has 4 aromatic rings. The number of anilines is 1. The molecule has 0 unspecified atom stereocenters. The van der Waals surface area contributed by atoms with Gasteiger partial charge in [-0.25, -0.2) is 4.98 Å². The molecule has 0 fully saturated rings. The minimum atomic E-state index is -4.69. The minimum absolute atomic E-state index is 0.0893. The predicted molar refractivity (Wildman–Crippen MR) is 113 cm³/mol. The number of imidazole rings is 1. The highest BCUT2D eigenvalue weighted by molar-refractivity contribution is 6.04. The van der Waals surface area contributed by atoms with Crippen molar-refractivity contribution in [3.8, 4) is 17.2 Å². The summed E-state index contributed by atoms with van der Waals surface area (Å²) >= 11 is 0. The summed E-state index contributed by atoms with van der Waals surface area (Å²) in [5.41, 5.74) is 1.81. The second-order valence-electron chi connectivity index (χ2n) is 7.32. The standard InChI is InChI=1S/C23H16F3N3O4/c24-23(25,26)22-28-17-9-13(11-30)1-7-18(17)29(22)16-5-3-15(4-6-16)27-21(31)14-2-8-19-20(10-14)33-12-32-19/h1-10,30H,11-12H2,(H,27,31). The van der Waals surface area contributed by atoms with E-state index in [9.17, 15) is 23.1 Å². The van der Waals surface area contributed by atoms with Gasteiger partial charge in [0.25, 0.3) is 5.91 Å². The van der Waals surface area contributed by atoms with Crippen molar-refractivity contribution < 1.29 is 32.5 Å². The van der Waals surface area contributed by atoms with E-state index in [1.54, 1.807) is 24.3 Å². The van der Waals surface area contributed by atoms with Crippen LogP contribution in [0.5, 0.6) is 11.5 Å². The molecule has 3 aromatic carbocycles. The molecule has 2 heterocycles. The SMILES string of the molecule is O=C(Nc1ccc(-n2c(C(F)(F)F)nc3cc(CO)ccc32)cc1)c1ccc2c(c1)OCO2. The fourth-order valence-corrected chi connectivity index (χ4v) is 3.61. The molecule has 0 atom stereocenters. The number of aliphatic hydroxyl groups excluding tert-OH is 1. The molecule has 1 amide bonds. The quantitative estimate of drug-likeness (QED) is 0.473. The lowest BCUT2D eigenvalue weighted by molar-refractivity contribution is -0.145. The zero-order valence-electron chi connectivity index (χ0n) is 16.9. The van der Waals surface area contributed by atoms with E-state index in [4.69, 9.17) is 9.47 Å². The highest BCUT2D eigenvalue weighted by atomic mass is 19.4. The van der Waals surface area contributed by atoms with Crippen LogP contribution in [0.25, 0.3) is 16.7 Å². The fraction of sp³-hybridized carbons (Fsp3) is 0.130. The molecule has 1 aliphatic heterocycles. The molecule has 2 N–H and O–H groups in total. The number of hydrogen-bond acceptors (Lipinski definition) is 5. The largest absolute Gasteiger partial charge is 0.454 e. The highest BCUT2D eigenvalue weighted by Crippen LogP contribution is 2.35. The first-order valence-corrected chi connectivity index (χ1v) is 9.84. The summed E-state index contributed by atoms with van der Waals surface area (Å²) in [4.78, 5) is 16.3. The third-order valence-corrected chi connectivity index (χ3v) is 5.17. The Hall–Kier alpha value is -4.05. The summed E-state index contributed by atoms with van der Waals surface area (Å²) in [5, 5.41) is 12.0. The number of carbonyl (C=O) groups is 1. The van der Waals surface area contributed by atoms with Gasteiger partial charge in [-0.05, 0) is 60.2 Å². The van der Waals surface area contributed by atoms with Crippen molar-refractivity contribution in [1.29, 1.82) is 0 Å². The normalized spacial score (nSPS) is 12.8. The number of benzene rings is 3. The predicted octanol–water partition coefficient (Wildman–Crippen LogP) is 4.52. The summed E-state index contributed by atoms with van der Waals surface area (Å²) in [5.74, 6) is -0.463. The van der Waals surface area contributed by atoms with E-state index in [2.05, 4.69) is 10.3 Å². The van der Waals surface area contributed by atoms with Crippen LogP contribution in [0.1, 0.15) is 21.7 Å². The molecular formula is C23H16F3N3O4. The number of aromatic nitrogens is 2. The Morgan fingerprint density at radius 3 is 2.52 bits per heavy atom. The van der Waals surface area contributed by atoms with Gasteiger partial charge in [0.1, 0.15) is 0 Å². The molecule has 33 heavy (non-hydrogen) atoms. The van der Waals surface area contributed by atoms with Gasteiger partial charge in [-0.2, -0.15) is 13.2 Å². The van der Waals surface area contributed by atoms with E-state index in [0.29, 0.717) is 28.3 Å². The molecule has 5 rings (SSSR count). The van der Waals surface area contributed by atoms with E-state index < -0.39 is 17.9 Å². The Morgan fingerprint density at radius 2 is 1.79 bits per heavy atom. The number of amides is 1. The average molecular weight is 455 g/mol. The summed E-state index contributed by atoms with van der Waals surface area (Å²) < 4.78 is 52.5. The van der Waals surface area contributed by atoms with Crippen molar-refractivity contribution in [2.24, 2.45) is 0 Å². The molecule has 0 aliphatic carbocycles. The molecular weight excluding hydrogens is 439 g/mol. The summed E-state index contributed by atoms with van der Waals surface area (Å²) in [6.07, 6.45) is -4.69. The zero-order valence-corrected chi connectivity index (χ0v) is 16.9. The van der Waals surface area contributed by atoms with Gasteiger partial charge in [-0.3, -0.25) is 9.36 Å². The molecule has 10 heteroatoms. The number of ether oxygens (including phenoxy) is 2. The Morgan fingerprint density at radius 1 is 1.03 bits per heavy atom. The number of carbonyl (C=O) groups excluding carboxylic acids is 1. The van der Waals surface area contributed by atoms with Crippen LogP contribution < -0.4 is 14.8 Å². The van der Waals surface area contributed by atoms with Crippen molar-refractivity contribution in [2.75, 3.05) is 12.1 Å². The number of aliphatic hydroxyl groups is 1. The summed E-state index contributed by atoms with van der Waals surface area (Å²) in [6, 6.07) is 15.2. The number of nitrogens with zero attached hydrogens (tertiary/aromatic N) is 2. The maximum atomic E-state index is 13.7. The number of hydrogen-bond donors (Lipinski definition) is 2. The fourth-order valence-electron chi connectivity index (χ4n) is 3.61. The van der Waals surface area contributed by atoms with Crippen molar-refractivity contribution in [3.05, 3.63) is 77.6 Å². The molecule has 1 aliphatic rings. The number of fused-ring (bicyclic) bond motifs is 2. The van der Waals surface area contributed by atoms with Crippen LogP contribution >= 0.6 is 0 Å². The molecule has 7 nitrogen and oxygen atoms in total. The molecule has 1 aromatic heterocycles. The molecule has 0 spiro atoms. The van der Waals surface area contributed by atoms with E-state index >= 15 is 0 Å². The topological polar surface area (TPSA) is 85.6 Å². The number of halogens is 3. The minimum Gasteiger partial charge on any atom is -0.454 e. The lowest BCUT2D eigenvalue weighted by Crippen LogP contribution is -2.14. The van der Waals surface area contributed by atoms with Crippen LogP contribution in [0, 0.1) is 0 Å². The lowest BCUT2D eigenvalue weighted by atomic mass is 10.1. The first-order valence-electron chi connectivity index (χ1n) is 9.84. The van der Waals surface area contributed by atoms with Crippen LogP contribution in [-0.4, -0.2) is 27.4 Å². The average Bonchev–Trinajstić information content (AvgIpc) is 3.43. The summed E-state index contributed by atoms with van der Waals surface area (Å²) in [6.45, 7) is -0.214. The van der Waals surface area contributed by atoms with Gasteiger partial charge in [0.15, 0.2) is 11.5 Å². The van der Waals surface area contributed by atoms with Crippen molar-refractivity contribution in [3.63, 3.8) is 0 Å². The summed E-state index contributed by atoms with van der Waals surface area (Å²) in [7, 11) is 0. The smallest absolute Gasteiger partial charge is 0.450 e. The van der Waals surface area contributed by atoms with Gasteiger partial charge in [0.05, 0.1) is 17.6 Å². The van der Waals surface area contributed by atoms with E-state index in [-0.39, 0.29) is 30.1 Å². The zero-order chi connectivity index (χ0) is 23.2. The Kier molecular flexibility index (Phi) is 4.94. The van der Waals surface area contributed by atoms with Crippen molar-refractivity contribution >= 4 is 22.6 Å². The van der Waals surface area contributed by atoms with E-state index in [1.165, 1.54) is 36.4 Å². The Balaban J connectivity index is 1.45. The van der Waals surface area contributed by atoms with Crippen LogP contribution in [0.4, 0.5) is 18.9 Å². The van der Waals surface area contributed by atoms with E-state index in [1.807, 2.05) is 0 Å². The maximum absolute atomic E-state index is 13.7. The Labute approximate surface area is 185 Å². The van der Waals surface area contributed by atoms with Crippen LogP contribution in [0.15, 0.2) is 60.7 Å². The van der Waals surface area contributed by atoms with Crippen LogP contribution in [0.3, 0.4) is 0 Å². The monoisotopic (exact) mass is 455 g/mol. The molecule has 0 bridgehead atoms. The number of nitrogens with one attached hydrogen (secondary N) is 1. The van der Waals surface area contributed by atoms with Crippen molar-refractivity contribution in [2.45, 2.75) is 12.8 Å². The van der Waals surface area contributed by atoms with Gasteiger partial charge in [-0.1, -0.05) is 6.07 Å². The third kappa shape index (κ3) is 3.85. The van der Waals surface area contributed by atoms with Gasteiger partial charge >= 0.3 is 6.18 Å². The highest BCUT2D eigenvalue weighted by Gasteiger charge is 2.38. The molecule has 168 valence electrons. The van der Waals surface area contributed by atoms with Gasteiger partial charge in [0.2, 0.25) is 12.6 Å². The second kappa shape index (κ2) is 7.82. The van der Waals surface area contributed by atoms with Gasteiger partial charge in [-0.15, -0.1) is 0 Å². The van der Waals surface area contributed by atoms with Gasteiger partial charge < -0.3 is 19.9 Å². The first kappa shape index (κ1) is 20.8. The first-order chi connectivity index (χ1) is 15.8. The van der Waals surface area contributed by atoms with Crippen LogP contribution in [0.2, 0.25) is 0 Å². The van der Waals surface area contributed by atoms with Gasteiger partial charge in [0, 0.05) is 16.9 Å². The molecule has 0 saturated heterocycles. The third-order valence-electron chi connectivity index (χ3n) is 5.17. The van der Waals surface area contributed by atoms with Crippen molar-refractivity contribution in [1.82, 2.24) is 9.55 Å². The molecule has 0 radical (unpaired) electrons.